The molecule has 0 radical (unpaired) electrons. The van der Waals surface area contributed by atoms with E-state index in [9.17, 15) is 31.9 Å². The Hall–Kier alpha value is -4.03. The highest BCUT2D eigenvalue weighted by molar-refractivity contribution is 6.30. The van der Waals surface area contributed by atoms with Gasteiger partial charge in [-0.05, 0) is 78.7 Å². The van der Waals surface area contributed by atoms with Gasteiger partial charge in [0.25, 0.3) is 5.91 Å². The number of pyridine rings is 1. The Balaban J connectivity index is 1.04. The maximum Gasteiger partial charge on any atom is 0.419 e. The highest BCUT2D eigenvalue weighted by Gasteiger charge is 2.39. The van der Waals surface area contributed by atoms with Crippen molar-refractivity contribution in [1.82, 2.24) is 20.5 Å². The molecule has 1 atom stereocenters. The summed E-state index contributed by atoms with van der Waals surface area (Å²) in [6.07, 6.45) is -1.48. The lowest BCUT2D eigenvalue weighted by Crippen LogP contribution is -2.52. The third-order valence-corrected chi connectivity index (χ3v) is 8.85. The molecule has 2 aromatic carbocycles. The predicted octanol–water partition coefficient (Wildman–Crippen LogP) is 5.33. The zero-order chi connectivity index (χ0) is 31.9. The second kappa shape index (κ2) is 12.4. The Morgan fingerprint density at radius 1 is 1.00 bits per heavy atom. The van der Waals surface area contributed by atoms with Crippen LogP contribution in [0.1, 0.15) is 52.7 Å². The molecule has 3 aromatic rings. The van der Waals surface area contributed by atoms with Crippen LogP contribution in [0.15, 0.2) is 48.7 Å². The van der Waals surface area contributed by atoms with E-state index in [1.54, 1.807) is 11.0 Å². The van der Waals surface area contributed by atoms with Crippen molar-refractivity contribution >= 4 is 35.1 Å². The number of carbonyl (C=O) groups is 3. The number of imide groups is 1. The number of amides is 3. The number of anilines is 1. The number of nitrogens with zero attached hydrogens (tertiary/aromatic N) is 3. The van der Waals surface area contributed by atoms with Crippen LogP contribution in [-0.4, -0.2) is 53.3 Å². The number of rotatable bonds is 7. The van der Waals surface area contributed by atoms with E-state index in [-0.39, 0.29) is 46.1 Å². The van der Waals surface area contributed by atoms with Crippen molar-refractivity contribution in [3.05, 3.63) is 81.8 Å². The molecule has 45 heavy (non-hydrogen) atoms. The summed E-state index contributed by atoms with van der Waals surface area (Å²) in [5, 5.41) is 5.82. The second-order valence-electron chi connectivity index (χ2n) is 11.7. The molecule has 1 unspecified atom stereocenters. The van der Waals surface area contributed by atoms with Crippen LogP contribution >= 0.6 is 11.6 Å². The van der Waals surface area contributed by atoms with Gasteiger partial charge in [-0.3, -0.25) is 19.7 Å². The number of hydrogen-bond donors (Lipinski definition) is 2. The molecular weight excluding hydrogens is 614 g/mol. The summed E-state index contributed by atoms with van der Waals surface area (Å²) in [5.41, 5.74) is 1.83. The van der Waals surface area contributed by atoms with E-state index in [4.69, 9.17) is 11.6 Å². The SMILES string of the molecule is O=C1CCC(N2Cc3cc(CNCC4CCN(c5ncc(-c6cc(F)cc(Cl)c6)cc5C(F)(F)F)CC4)ccc3C2=O)C(=O)N1. The number of carbonyl (C=O) groups excluding carboxylic acids is 3. The Labute approximate surface area is 261 Å². The third kappa shape index (κ3) is 6.67. The molecule has 0 saturated carbocycles. The summed E-state index contributed by atoms with van der Waals surface area (Å²) in [5.74, 6) is -1.53. The predicted molar refractivity (Wildman–Crippen MR) is 159 cm³/mol. The third-order valence-electron chi connectivity index (χ3n) is 8.63. The van der Waals surface area contributed by atoms with Gasteiger partial charge in [-0.2, -0.15) is 13.2 Å². The molecule has 3 aliphatic heterocycles. The summed E-state index contributed by atoms with van der Waals surface area (Å²) < 4.78 is 56.1. The maximum absolute atomic E-state index is 14.1. The summed E-state index contributed by atoms with van der Waals surface area (Å²) >= 11 is 5.90. The Morgan fingerprint density at radius 3 is 2.49 bits per heavy atom. The number of fused-ring (bicyclic) bond motifs is 1. The van der Waals surface area contributed by atoms with Crippen LogP contribution in [0.5, 0.6) is 0 Å². The van der Waals surface area contributed by atoms with Crippen molar-refractivity contribution < 1.29 is 31.9 Å². The average Bonchev–Trinajstić information content (AvgIpc) is 3.31. The zero-order valence-corrected chi connectivity index (χ0v) is 24.8. The van der Waals surface area contributed by atoms with Crippen LogP contribution in [0.3, 0.4) is 0 Å². The number of alkyl halides is 3. The van der Waals surface area contributed by atoms with Crippen LogP contribution in [0.25, 0.3) is 11.1 Å². The number of nitrogens with one attached hydrogen (secondary N) is 2. The monoisotopic (exact) mass is 643 g/mol. The molecule has 8 nitrogen and oxygen atoms in total. The fraction of sp³-hybridized carbons (Fsp3) is 0.375. The van der Waals surface area contributed by atoms with Gasteiger partial charge in [0.15, 0.2) is 0 Å². The van der Waals surface area contributed by atoms with Crippen molar-refractivity contribution in [1.29, 1.82) is 0 Å². The minimum Gasteiger partial charge on any atom is -0.356 e. The number of benzene rings is 2. The van der Waals surface area contributed by atoms with E-state index in [1.165, 1.54) is 17.2 Å². The van der Waals surface area contributed by atoms with Gasteiger partial charge in [0.05, 0.1) is 5.56 Å². The summed E-state index contributed by atoms with van der Waals surface area (Å²) in [6, 6.07) is 9.52. The molecular formula is C32H30ClF4N5O3. The van der Waals surface area contributed by atoms with Gasteiger partial charge in [0, 0.05) is 54.9 Å². The van der Waals surface area contributed by atoms with Gasteiger partial charge in [0.2, 0.25) is 11.8 Å². The summed E-state index contributed by atoms with van der Waals surface area (Å²) in [4.78, 5) is 44.0. The van der Waals surface area contributed by atoms with Gasteiger partial charge in [0.1, 0.15) is 17.7 Å². The van der Waals surface area contributed by atoms with E-state index in [0.717, 1.165) is 29.3 Å². The number of aromatic nitrogens is 1. The maximum atomic E-state index is 14.1. The van der Waals surface area contributed by atoms with Crippen LogP contribution in [0.2, 0.25) is 5.02 Å². The summed E-state index contributed by atoms with van der Waals surface area (Å²) in [7, 11) is 0. The largest absolute Gasteiger partial charge is 0.419 e. The van der Waals surface area contributed by atoms with Crippen LogP contribution in [0, 0.1) is 11.7 Å². The quantitative estimate of drug-likeness (QED) is 0.267. The molecule has 0 bridgehead atoms. The molecule has 0 spiro atoms. The van der Waals surface area contributed by atoms with Crippen molar-refractivity contribution in [2.75, 3.05) is 24.5 Å². The first-order valence-electron chi connectivity index (χ1n) is 14.7. The van der Waals surface area contributed by atoms with Crippen molar-refractivity contribution in [3.63, 3.8) is 0 Å². The molecule has 1 aromatic heterocycles. The molecule has 4 heterocycles. The molecule has 6 rings (SSSR count). The minimum absolute atomic E-state index is 0.0843. The molecule has 13 heteroatoms. The number of halogens is 5. The minimum atomic E-state index is -4.65. The average molecular weight is 644 g/mol. The fourth-order valence-corrected chi connectivity index (χ4v) is 6.53. The van der Waals surface area contributed by atoms with Gasteiger partial charge in [-0.15, -0.1) is 0 Å². The van der Waals surface area contributed by atoms with Crippen LogP contribution in [0.4, 0.5) is 23.4 Å². The zero-order valence-electron chi connectivity index (χ0n) is 24.1. The van der Waals surface area contributed by atoms with Crippen LogP contribution < -0.4 is 15.5 Å². The molecule has 0 aliphatic carbocycles. The van der Waals surface area contributed by atoms with Gasteiger partial charge < -0.3 is 15.1 Å². The van der Waals surface area contributed by atoms with E-state index in [1.807, 2.05) is 12.1 Å². The van der Waals surface area contributed by atoms with Crippen molar-refractivity contribution in [2.45, 2.75) is 51.0 Å². The normalized spacial score (nSPS) is 19.2. The molecule has 2 saturated heterocycles. The lowest BCUT2D eigenvalue weighted by Gasteiger charge is -2.34. The first-order chi connectivity index (χ1) is 21.5. The highest BCUT2D eigenvalue weighted by atomic mass is 35.5. The van der Waals surface area contributed by atoms with Crippen molar-refractivity contribution in [2.24, 2.45) is 5.92 Å². The Kier molecular flexibility index (Phi) is 8.53. The first kappa shape index (κ1) is 31.0. The van der Waals surface area contributed by atoms with Crippen molar-refractivity contribution in [3.8, 4) is 11.1 Å². The molecule has 2 fully saturated rings. The second-order valence-corrected chi connectivity index (χ2v) is 12.1. The summed E-state index contributed by atoms with van der Waals surface area (Å²) in [6.45, 7) is 2.34. The Bertz CT molecular complexity index is 1640. The lowest BCUT2D eigenvalue weighted by molar-refractivity contribution is -0.138. The van der Waals surface area contributed by atoms with E-state index >= 15 is 0 Å². The number of piperidine rings is 2. The molecule has 236 valence electrons. The topological polar surface area (TPSA) is 94.6 Å². The molecule has 3 amide bonds. The van der Waals surface area contributed by atoms with Gasteiger partial charge >= 0.3 is 6.18 Å². The lowest BCUT2D eigenvalue weighted by atomic mass is 9.96. The van der Waals surface area contributed by atoms with E-state index in [2.05, 4.69) is 15.6 Å². The smallest absolute Gasteiger partial charge is 0.356 e. The molecule has 3 aliphatic rings. The highest BCUT2D eigenvalue weighted by Crippen LogP contribution is 2.39. The fourth-order valence-electron chi connectivity index (χ4n) is 6.30. The van der Waals surface area contributed by atoms with Gasteiger partial charge in [-0.25, -0.2) is 9.37 Å². The van der Waals surface area contributed by atoms with Gasteiger partial charge in [-0.1, -0.05) is 23.7 Å². The van der Waals surface area contributed by atoms with Crippen LogP contribution in [-0.2, 0) is 28.9 Å². The number of hydrogen-bond acceptors (Lipinski definition) is 6. The first-order valence-corrected chi connectivity index (χ1v) is 15.1. The Morgan fingerprint density at radius 2 is 1.78 bits per heavy atom. The molecule has 2 N–H and O–H groups in total. The van der Waals surface area contributed by atoms with E-state index in [0.29, 0.717) is 57.5 Å². The standard InChI is InChI=1S/C32H30ClF4N5O3/c33-23-10-20(11-24(34)13-23)21-12-26(32(35,36)37)29(39-16-21)41-7-5-18(6-8-41)14-38-15-19-1-2-25-22(9-19)17-42(31(25)45)27-3-4-28(43)40-30(27)44/h1-2,9-13,16,18,27,38H,3-8,14-15,17H2,(H,40,43,44). The van der Waals surface area contributed by atoms with E-state index < -0.39 is 29.5 Å².